The minimum atomic E-state index is -0.339. The summed E-state index contributed by atoms with van der Waals surface area (Å²) >= 11 is 0. The van der Waals surface area contributed by atoms with E-state index in [4.69, 9.17) is 0 Å². The molecular formula is C19H23NO. The molecule has 2 aromatic rings. The van der Waals surface area contributed by atoms with Gasteiger partial charge in [0, 0.05) is 11.5 Å². The van der Waals surface area contributed by atoms with Gasteiger partial charge in [-0.2, -0.15) is 0 Å². The first-order valence-electron chi connectivity index (χ1n) is 7.30. The Hall–Kier alpha value is -1.93. The molecule has 2 nitrogen and oxygen atoms in total. The predicted octanol–water partition coefficient (Wildman–Crippen LogP) is 3.98. The lowest BCUT2D eigenvalue weighted by Crippen LogP contribution is -2.47. The first kappa shape index (κ1) is 15.5. The molecule has 0 spiro atoms. The van der Waals surface area contributed by atoms with Crippen molar-refractivity contribution in [2.24, 2.45) is 5.92 Å². The summed E-state index contributed by atoms with van der Waals surface area (Å²) < 4.78 is 0. The van der Waals surface area contributed by atoms with Crippen LogP contribution in [0.25, 0.3) is 0 Å². The molecule has 0 heterocycles. The topological polar surface area (TPSA) is 20.3 Å². The fraction of sp³-hybridized carbons (Fsp3) is 0.316. The zero-order valence-corrected chi connectivity index (χ0v) is 13.2. The van der Waals surface area contributed by atoms with Crippen LogP contribution in [0.4, 0.5) is 0 Å². The smallest absolute Gasteiger partial charge is 0.167 e. The molecule has 0 amide bonds. The van der Waals surface area contributed by atoms with Gasteiger partial charge in [0.15, 0.2) is 5.78 Å². The van der Waals surface area contributed by atoms with Crippen LogP contribution in [0.15, 0.2) is 60.7 Å². The molecule has 0 aliphatic heterocycles. The lowest BCUT2D eigenvalue weighted by Gasteiger charge is -2.41. The number of Topliss-reactive ketones (excluding diaryl/α,β-unsaturated/α-hetero) is 1. The highest BCUT2D eigenvalue weighted by molar-refractivity contribution is 5.98. The molecule has 2 heteroatoms. The standard InChI is InChI=1S/C19H23NO/c1-15(18(21)16-11-7-5-8-12-16)19(2,20(3)4)17-13-9-6-10-14-17/h5-15H,1-4H3/t15-,19-/m0/s1. The van der Waals surface area contributed by atoms with Crippen molar-refractivity contribution in [3.63, 3.8) is 0 Å². The van der Waals surface area contributed by atoms with Crippen molar-refractivity contribution in [2.45, 2.75) is 19.4 Å². The van der Waals surface area contributed by atoms with Crippen molar-refractivity contribution >= 4 is 5.78 Å². The molecular weight excluding hydrogens is 258 g/mol. The summed E-state index contributed by atoms with van der Waals surface area (Å²) in [6, 6.07) is 19.8. The van der Waals surface area contributed by atoms with Gasteiger partial charge in [0.05, 0.1) is 5.54 Å². The SMILES string of the molecule is C[C@@H](C(=O)c1ccccc1)[C@@](C)(c1ccccc1)N(C)C. The van der Waals surface area contributed by atoms with Crippen LogP contribution in [-0.2, 0) is 5.54 Å². The van der Waals surface area contributed by atoms with Crippen molar-refractivity contribution in [1.82, 2.24) is 4.90 Å². The van der Waals surface area contributed by atoms with Gasteiger partial charge in [0.2, 0.25) is 0 Å². The normalized spacial score (nSPS) is 15.5. The fourth-order valence-corrected chi connectivity index (χ4v) is 2.78. The molecule has 2 atom stereocenters. The van der Waals surface area contributed by atoms with Gasteiger partial charge in [-0.3, -0.25) is 9.69 Å². The van der Waals surface area contributed by atoms with Gasteiger partial charge in [-0.25, -0.2) is 0 Å². The summed E-state index contributed by atoms with van der Waals surface area (Å²) in [7, 11) is 4.06. The third kappa shape index (κ3) is 2.91. The van der Waals surface area contributed by atoms with E-state index in [1.165, 1.54) is 0 Å². The minimum absolute atomic E-state index is 0.141. The minimum Gasteiger partial charge on any atom is -0.299 e. The molecule has 0 unspecified atom stereocenters. The maximum atomic E-state index is 12.8. The molecule has 0 radical (unpaired) electrons. The summed E-state index contributed by atoms with van der Waals surface area (Å²) in [5.74, 6) is 0.0351. The van der Waals surface area contributed by atoms with Gasteiger partial charge in [0.1, 0.15) is 0 Å². The van der Waals surface area contributed by atoms with E-state index in [9.17, 15) is 4.79 Å². The van der Waals surface area contributed by atoms with Crippen LogP contribution in [0.2, 0.25) is 0 Å². The molecule has 0 aromatic heterocycles. The van der Waals surface area contributed by atoms with Gasteiger partial charge in [-0.1, -0.05) is 67.6 Å². The summed E-state index contributed by atoms with van der Waals surface area (Å²) in [4.78, 5) is 15.0. The number of hydrogen-bond acceptors (Lipinski definition) is 2. The number of hydrogen-bond donors (Lipinski definition) is 0. The van der Waals surface area contributed by atoms with Gasteiger partial charge in [-0.15, -0.1) is 0 Å². The average Bonchev–Trinajstić information content (AvgIpc) is 2.54. The van der Waals surface area contributed by atoms with E-state index in [0.717, 1.165) is 11.1 Å². The maximum Gasteiger partial charge on any atom is 0.167 e. The highest BCUT2D eigenvalue weighted by Crippen LogP contribution is 2.35. The molecule has 2 aromatic carbocycles. The monoisotopic (exact) mass is 281 g/mol. The predicted molar refractivity (Wildman–Crippen MR) is 87.4 cm³/mol. The molecule has 0 aliphatic carbocycles. The van der Waals surface area contributed by atoms with Crippen LogP contribution in [0.5, 0.6) is 0 Å². The second-order valence-corrected chi connectivity index (χ2v) is 5.86. The summed E-state index contributed by atoms with van der Waals surface area (Å²) in [6.45, 7) is 4.15. The summed E-state index contributed by atoms with van der Waals surface area (Å²) in [6.07, 6.45) is 0. The van der Waals surface area contributed by atoms with Gasteiger partial charge in [0.25, 0.3) is 0 Å². The first-order valence-corrected chi connectivity index (χ1v) is 7.30. The molecule has 110 valence electrons. The maximum absolute atomic E-state index is 12.8. The Morgan fingerprint density at radius 1 is 0.952 bits per heavy atom. The number of ketones is 1. The van der Waals surface area contributed by atoms with Crippen LogP contribution in [0, 0.1) is 5.92 Å². The van der Waals surface area contributed by atoms with E-state index < -0.39 is 0 Å². The molecule has 0 aliphatic rings. The molecule has 0 bridgehead atoms. The van der Waals surface area contributed by atoms with Gasteiger partial charge in [-0.05, 0) is 26.6 Å². The van der Waals surface area contributed by atoms with E-state index in [2.05, 4.69) is 24.0 Å². The van der Waals surface area contributed by atoms with Crippen molar-refractivity contribution in [1.29, 1.82) is 0 Å². The van der Waals surface area contributed by atoms with Crippen molar-refractivity contribution < 1.29 is 4.79 Å². The van der Waals surface area contributed by atoms with Crippen LogP contribution in [0.1, 0.15) is 29.8 Å². The highest BCUT2D eigenvalue weighted by atomic mass is 16.1. The van der Waals surface area contributed by atoms with E-state index in [0.29, 0.717) is 0 Å². The van der Waals surface area contributed by atoms with Gasteiger partial charge >= 0.3 is 0 Å². The number of carbonyl (C=O) groups is 1. The molecule has 0 fully saturated rings. The highest BCUT2D eigenvalue weighted by Gasteiger charge is 2.39. The van der Waals surface area contributed by atoms with E-state index in [1.807, 2.05) is 69.6 Å². The van der Waals surface area contributed by atoms with Crippen LogP contribution in [-0.4, -0.2) is 24.8 Å². The lowest BCUT2D eigenvalue weighted by atomic mass is 9.76. The van der Waals surface area contributed by atoms with Crippen LogP contribution in [0.3, 0.4) is 0 Å². The summed E-state index contributed by atoms with van der Waals surface area (Å²) in [5.41, 5.74) is 1.59. The molecule has 0 N–H and O–H groups in total. The number of carbonyl (C=O) groups excluding carboxylic acids is 1. The Morgan fingerprint density at radius 2 is 1.43 bits per heavy atom. The van der Waals surface area contributed by atoms with Crippen molar-refractivity contribution in [3.05, 3.63) is 71.8 Å². The van der Waals surface area contributed by atoms with Crippen molar-refractivity contribution in [2.75, 3.05) is 14.1 Å². The number of rotatable bonds is 5. The average molecular weight is 281 g/mol. The second kappa shape index (κ2) is 6.23. The lowest BCUT2D eigenvalue weighted by molar-refractivity contribution is 0.0655. The Morgan fingerprint density at radius 3 is 1.90 bits per heavy atom. The number of benzene rings is 2. The number of nitrogens with zero attached hydrogens (tertiary/aromatic N) is 1. The first-order chi connectivity index (χ1) is 9.98. The third-order valence-electron chi connectivity index (χ3n) is 4.58. The Bertz CT molecular complexity index is 591. The van der Waals surface area contributed by atoms with E-state index in [1.54, 1.807) is 0 Å². The van der Waals surface area contributed by atoms with Gasteiger partial charge < -0.3 is 0 Å². The largest absolute Gasteiger partial charge is 0.299 e. The third-order valence-corrected chi connectivity index (χ3v) is 4.58. The molecule has 0 saturated carbocycles. The zero-order valence-electron chi connectivity index (χ0n) is 13.2. The fourth-order valence-electron chi connectivity index (χ4n) is 2.78. The zero-order chi connectivity index (χ0) is 15.5. The quantitative estimate of drug-likeness (QED) is 0.773. The Kier molecular flexibility index (Phi) is 4.59. The van der Waals surface area contributed by atoms with Crippen LogP contribution < -0.4 is 0 Å². The van der Waals surface area contributed by atoms with E-state index in [-0.39, 0.29) is 17.2 Å². The van der Waals surface area contributed by atoms with E-state index >= 15 is 0 Å². The molecule has 0 saturated heterocycles. The van der Waals surface area contributed by atoms with Crippen molar-refractivity contribution in [3.8, 4) is 0 Å². The summed E-state index contributed by atoms with van der Waals surface area (Å²) in [5, 5.41) is 0. The molecule has 21 heavy (non-hydrogen) atoms. The Labute approximate surface area is 127 Å². The Balaban J connectivity index is 2.41. The van der Waals surface area contributed by atoms with Crippen LogP contribution >= 0.6 is 0 Å². The second-order valence-electron chi connectivity index (χ2n) is 5.86. The molecule has 2 rings (SSSR count).